The molecule has 1 aromatic heterocycles. The summed E-state index contributed by atoms with van der Waals surface area (Å²) in [7, 11) is -3.40. The zero-order chi connectivity index (χ0) is 15.6. The highest BCUT2D eigenvalue weighted by Gasteiger charge is 2.32. The topological polar surface area (TPSA) is 91.9 Å². The van der Waals surface area contributed by atoms with Crippen LogP contribution in [-0.4, -0.2) is 40.6 Å². The molecule has 0 radical (unpaired) electrons. The Kier molecular flexibility index (Phi) is 3.92. The van der Waals surface area contributed by atoms with E-state index >= 15 is 0 Å². The average molecular weight is 317 g/mol. The number of rotatable bonds is 4. The summed E-state index contributed by atoms with van der Waals surface area (Å²) in [6, 6.07) is 8.75. The van der Waals surface area contributed by atoms with Crippen molar-refractivity contribution in [3.05, 3.63) is 48.0 Å². The van der Waals surface area contributed by atoms with Gasteiger partial charge in [-0.3, -0.25) is 0 Å². The second-order valence-corrected chi connectivity index (χ2v) is 7.21. The van der Waals surface area contributed by atoms with Crippen LogP contribution in [0.15, 0.2) is 36.9 Å². The molecular weight excluding hydrogens is 302 g/mol. The van der Waals surface area contributed by atoms with Crippen LogP contribution in [0.5, 0.6) is 0 Å². The first kappa shape index (κ1) is 14.7. The number of nitriles is 1. The van der Waals surface area contributed by atoms with Crippen LogP contribution >= 0.6 is 0 Å². The molecule has 1 saturated heterocycles. The molecule has 0 bridgehead atoms. The van der Waals surface area contributed by atoms with Crippen LogP contribution in [0.1, 0.15) is 23.6 Å². The molecule has 0 saturated carbocycles. The van der Waals surface area contributed by atoms with E-state index < -0.39 is 10.0 Å². The van der Waals surface area contributed by atoms with Crippen molar-refractivity contribution in [1.82, 2.24) is 19.1 Å². The molecule has 2 heterocycles. The maximum atomic E-state index is 12.5. The van der Waals surface area contributed by atoms with Crippen molar-refractivity contribution in [3.8, 4) is 6.07 Å². The highest BCUT2D eigenvalue weighted by Crippen LogP contribution is 2.24. The van der Waals surface area contributed by atoms with Crippen LogP contribution in [0.4, 0.5) is 0 Å². The molecule has 0 amide bonds. The average Bonchev–Trinajstić information content (AvgIpc) is 3.18. The number of benzene rings is 1. The predicted octanol–water partition coefficient (Wildman–Crippen LogP) is 0.927. The number of hydrogen-bond acceptors (Lipinski definition) is 5. The van der Waals surface area contributed by atoms with Crippen molar-refractivity contribution in [2.45, 2.75) is 18.2 Å². The third kappa shape index (κ3) is 3.00. The molecule has 1 aliphatic rings. The van der Waals surface area contributed by atoms with Crippen LogP contribution in [0.2, 0.25) is 0 Å². The van der Waals surface area contributed by atoms with Gasteiger partial charge in [-0.25, -0.2) is 18.1 Å². The summed E-state index contributed by atoms with van der Waals surface area (Å²) < 4.78 is 28.2. The van der Waals surface area contributed by atoms with Gasteiger partial charge in [-0.2, -0.15) is 14.7 Å². The van der Waals surface area contributed by atoms with Gasteiger partial charge in [0.25, 0.3) is 0 Å². The van der Waals surface area contributed by atoms with E-state index in [1.54, 1.807) is 35.3 Å². The minimum Gasteiger partial charge on any atom is -0.249 e. The highest BCUT2D eigenvalue weighted by atomic mass is 32.2. The molecular formula is C14H15N5O2S. The Morgan fingerprint density at radius 1 is 1.41 bits per heavy atom. The lowest BCUT2D eigenvalue weighted by molar-refractivity contribution is 0.433. The summed E-state index contributed by atoms with van der Waals surface area (Å²) in [4.78, 5) is 3.89. The van der Waals surface area contributed by atoms with Crippen molar-refractivity contribution in [1.29, 1.82) is 5.26 Å². The normalized spacial score (nSPS) is 19.1. The quantitative estimate of drug-likeness (QED) is 0.836. The first-order valence-corrected chi connectivity index (χ1v) is 8.50. The van der Waals surface area contributed by atoms with Gasteiger partial charge in [0.15, 0.2) is 0 Å². The Labute approximate surface area is 128 Å². The van der Waals surface area contributed by atoms with E-state index in [1.165, 1.54) is 10.6 Å². The van der Waals surface area contributed by atoms with Gasteiger partial charge in [0.1, 0.15) is 12.7 Å². The van der Waals surface area contributed by atoms with Crippen LogP contribution in [0, 0.1) is 11.3 Å². The van der Waals surface area contributed by atoms with Crippen LogP contribution in [0.3, 0.4) is 0 Å². The molecule has 3 rings (SSSR count). The van der Waals surface area contributed by atoms with Crippen molar-refractivity contribution in [3.63, 3.8) is 0 Å². The predicted molar refractivity (Wildman–Crippen MR) is 79.0 cm³/mol. The second kappa shape index (κ2) is 5.87. The summed E-state index contributed by atoms with van der Waals surface area (Å²) in [5, 5.41) is 13.0. The van der Waals surface area contributed by atoms with Crippen molar-refractivity contribution in [2.75, 3.05) is 13.1 Å². The Morgan fingerprint density at radius 3 is 3.00 bits per heavy atom. The fourth-order valence-electron chi connectivity index (χ4n) is 2.62. The van der Waals surface area contributed by atoms with Gasteiger partial charge in [0.05, 0.1) is 23.4 Å². The lowest BCUT2D eigenvalue weighted by Gasteiger charge is -2.16. The third-order valence-electron chi connectivity index (χ3n) is 3.74. The SMILES string of the molecule is N#Cc1cccc(CS(=O)(=O)N2CC[C@@H](n3cncn3)C2)c1. The summed E-state index contributed by atoms with van der Waals surface area (Å²) in [6.07, 6.45) is 3.78. The summed E-state index contributed by atoms with van der Waals surface area (Å²) in [5.41, 5.74) is 1.10. The van der Waals surface area contributed by atoms with Gasteiger partial charge in [-0.1, -0.05) is 12.1 Å². The number of hydrogen-bond donors (Lipinski definition) is 0. The lowest BCUT2D eigenvalue weighted by atomic mass is 10.2. The van der Waals surface area contributed by atoms with Gasteiger partial charge in [0.2, 0.25) is 10.0 Å². The molecule has 1 atom stereocenters. The first-order valence-electron chi connectivity index (χ1n) is 6.89. The monoisotopic (exact) mass is 317 g/mol. The standard InChI is InChI=1S/C14H15N5O2S/c15-7-12-2-1-3-13(6-12)9-22(20,21)18-5-4-14(8-18)19-11-16-10-17-19/h1-3,6,10-11,14H,4-5,8-9H2/t14-/m1/s1. The van der Waals surface area contributed by atoms with Gasteiger partial charge >= 0.3 is 0 Å². The molecule has 1 aromatic carbocycles. The van der Waals surface area contributed by atoms with Crippen LogP contribution in [0.25, 0.3) is 0 Å². The molecule has 22 heavy (non-hydrogen) atoms. The second-order valence-electron chi connectivity index (χ2n) is 5.24. The maximum absolute atomic E-state index is 12.5. The molecule has 2 aromatic rings. The molecule has 0 N–H and O–H groups in total. The molecule has 7 nitrogen and oxygen atoms in total. The van der Waals surface area contributed by atoms with Crippen molar-refractivity contribution in [2.24, 2.45) is 0 Å². The Morgan fingerprint density at radius 2 is 2.27 bits per heavy atom. The first-order chi connectivity index (χ1) is 10.6. The van der Waals surface area contributed by atoms with Crippen LogP contribution < -0.4 is 0 Å². The number of sulfonamides is 1. The van der Waals surface area contributed by atoms with E-state index in [2.05, 4.69) is 10.1 Å². The zero-order valence-electron chi connectivity index (χ0n) is 11.8. The van der Waals surface area contributed by atoms with Gasteiger partial charge in [-0.05, 0) is 24.1 Å². The fraction of sp³-hybridized carbons (Fsp3) is 0.357. The molecule has 0 aliphatic carbocycles. The Balaban J connectivity index is 1.72. The number of aromatic nitrogens is 3. The molecule has 0 spiro atoms. The molecule has 8 heteroatoms. The summed E-state index contributed by atoms with van der Waals surface area (Å²) in [6.45, 7) is 0.883. The van der Waals surface area contributed by atoms with E-state index in [0.29, 0.717) is 24.2 Å². The largest absolute Gasteiger partial charge is 0.249 e. The summed E-state index contributed by atoms with van der Waals surface area (Å²) >= 11 is 0. The fourth-order valence-corrected chi connectivity index (χ4v) is 4.18. The number of nitrogens with zero attached hydrogens (tertiary/aromatic N) is 5. The third-order valence-corrected chi connectivity index (χ3v) is 5.55. The van der Waals surface area contributed by atoms with E-state index in [4.69, 9.17) is 5.26 Å². The maximum Gasteiger partial charge on any atom is 0.218 e. The Hall–Kier alpha value is -2.24. The van der Waals surface area contributed by atoms with E-state index in [1.807, 2.05) is 6.07 Å². The van der Waals surface area contributed by atoms with E-state index in [0.717, 1.165) is 6.42 Å². The zero-order valence-corrected chi connectivity index (χ0v) is 12.6. The smallest absolute Gasteiger partial charge is 0.218 e. The van der Waals surface area contributed by atoms with Crippen LogP contribution in [-0.2, 0) is 15.8 Å². The Bertz CT molecular complexity index is 795. The minimum absolute atomic E-state index is 0.0303. The van der Waals surface area contributed by atoms with Gasteiger partial charge in [0, 0.05) is 13.1 Å². The molecule has 0 unspecified atom stereocenters. The molecule has 114 valence electrons. The lowest BCUT2D eigenvalue weighted by Crippen LogP contribution is -2.30. The van der Waals surface area contributed by atoms with E-state index in [9.17, 15) is 8.42 Å². The van der Waals surface area contributed by atoms with E-state index in [-0.39, 0.29) is 11.8 Å². The highest BCUT2D eigenvalue weighted by molar-refractivity contribution is 7.88. The minimum atomic E-state index is -3.40. The summed E-state index contributed by atoms with van der Waals surface area (Å²) in [5.74, 6) is -0.0907. The van der Waals surface area contributed by atoms with Crippen molar-refractivity contribution < 1.29 is 8.42 Å². The van der Waals surface area contributed by atoms with Crippen molar-refractivity contribution >= 4 is 10.0 Å². The van der Waals surface area contributed by atoms with Gasteiger partial charge in [-0.15, -0.1) is 0 Å². The molecule has 1 fully saturated rings. The van der Waals surface area contributed by atoms with Gasteiger partial charge < -0.3 is 0 Å². The molecule has 1 aliphatic heterocycles.